The van der Waals surface area contributed by atoms with Crippen molar-refractivity contribution in [3.05, 3.63) is 17.8 Å². The molecule has 1 aromatic heterocycles. The minimum atomic E-state index is -2.82. The lowest BCUT2D eigenvalue weighted by molar-refractivity contribution is 0.559. The average Bonchev–Trinajstić information content (AvgIpc) is 2.26. The van der Waals surface area contributed by atoms with Crippen LogP contribution in [0.1, 0.15) is 18.5 Å². The van der Waals surface area contributed by atoms with Crippen LogP contribution in [0, 0.1) is 6.92 Å². The Bertz CT molecular complexity index is 499. The molecule has 2 heterocycles. The molecular formula is C11H17N3O2S. The predicted molar refractivity (Wildman–Crippen MR) is 68.7 cm³/mol. The number of nitrogens with two attached hydrogens (primary N) is 1. The molecule has 0 unspecified atom stereocenters. The van der Waals surface area contributed by atoms with Crippen molar-refractivity contribution in [1.29, 1.82) is 0 Å². The molecule has 1 saturated heterocycles. The Balaban J connectivity index is 2.05. The van der Waals surface area contributed by atoms with Crippen LogP contribution < -0.4 is 11.1 Å². The first kappa shape index (κ1) is 12.2. The number of anilines is 2. The van der Waals surface area contributed by atoms with Crippen LogP contribution >= 0.6 is 0 Å². The van der Waals surface area contributed by atoms with Crippen LogP contribution in [0.15, 0.2) is 12.1 Å². The molecule has 17 heavy (non-hydrogen) atoms. The van der Waals surface area contributed by atoms with Gasteiger partial charge in [-0.2, -0.15) is 0 Å². The van der Waals surface area contributed by atoms with E-state index in [0.29, 0.717) is 24.3 Å². The third-order valence-corrected chi connectivity index (χ3v) is 4.68. The highest BCUT2D eigenvalue weighted by molar-refractivity contribution is 7.91. The van der Waals surface area contributed by atoms with Crippen LogP contribution in [0.3, 0.4) is 0 Å². The maximum absolute atomic E-state index is 11.3. The van der Waals surface area contributed by atoms with Crippen molar-refractivity contribution >= 4 is 21.3 Å². The van der Waals surface area contributed by atoms with Gasteiger partial charge >= 0.3 is 0 Å². The van der Waals surface area contributed by atoms with Crippen molar-refractivity contribution in [3.8, 4) is 0 Å². The Morgan fingerprint density at radius 2 is 2.00 bits per heavy atom. The number of hydrogen-bond donors (Lipinski definition) is 2. The van der Waals surface area contributed by atoms with Crippen LogP contribution in [0.2, 0.25) is 0 Å². The number of nitrogens with one attached hydrogen (secondary N) is 1. The summed E-state index contributed by atoms with van der Waals surface area (Å²) in [6.45, 7) is 1.90. The SMILES string of the molecule is Cc1ccc(N)c(NC2CCS(=O)(=O)CC2)n1. The zero-order valence-electron chi connectivity index (χ0n) is 9.81. The van der Waals surface area contributed by atoms with Crippen LogP contribution in [0.5, 0.6) is 0 Å². The van der Waals surface area contributed by atoms with Crippen molar-refractivity contribution in [2.45, 2.75) is 25.8 Å². The van der Waals surface area contributed by atoms with E-state index in [1.165, 1.54) is 0 Å². The Hall–Kier alpha value is -1.30. The van der Waals surface area contributed by atoms with E-state index in [0.717, 1.165) is 5.69 Å². The monoisotopic (exact) mass is 255 g/mol. The fraction of sp³-hybridized carbons (Fsp3) is 0.545. The van der Waals surface area contributed by atoms with Crippen molar-refractivity contribution in [2.24, 2.45) is 0 Å². The zero-order valence-corrected chi connectivity index (χ0v) is 10.6. The molecule has 2 rings (SSSR count). The molecule has 0 bridgehead atoms. The first-order valence-electron chi connectivity index (χ1n) is 5.66. The van der Waals surface area contributed by atoms with Gasteiger partial charge in [0.25, 0.3) is 0 Å². The lowest BCUT2D eigenvalue weighted by Crippen LogP contribution is -2.32. The van der Waals surface area contributed by atoms with Gasteiger partial charge in [0.05, 0.1) is 17.2 Å². The van der Waals surface area contributed by atoms with Gasteiger partial charge in [0.2, 0.25) is 0 Å². The maximum Gasteiger partial charge on any atom is 0.150 e. The molecule has 0 atom stereocenters. The van der Waals surface area contributed by atoms with E-state index in [4.69, 9.17) is 5.73 Å². The number of pyridine rings is 1. The van der Waals surface area contributed by atoms with Gasteiger partial charge in [-0.25, -0.2) is 13.4 Å². The second-order valence-electron chi connectivity index (χ2n) is 4.46. The highest BCUT2D eigenvalue weighted by Gasteiger charge is 2.23. The summed E-state index contributed by atoms with van der Waals surface area (Å²) in [5, 5.41) is 3.23. The molecule has 6 heteroatoms. The largest absolute Gasteiger partial charge is 0.396 e. The molecule has 0 amide bonds. The van der Waals surface area contributed by atoms with E-state index in [-0.39, 0.29) is 17.5 Å². The highest BCUT2D eigenvalue weighted by atomic mass is 32.2. The van der Waals surface area contributed by atoms with Gasteiger partial charge < -0.3 is 11.1 Å². The van der Waals surface area contributed by atoms with Gasteiger partial charge in [-0.15, -0.1) is 0 Å². The molecule has 1 aliphatic heterocycles. The van der Waals surface area contributed by atoms with Crippen molar-refractivity contribution in [1.82, 2.24) is 4.98 Å². The summed E-state index contributed by atoms with van der Waals surface area (Å²) in [5.41, 5.74) is 7.31. The smallest absolute Gasteiger partial charge is 0.150 e. The summed E-state index contributed by atoms with van der Waals surface area (Å²) in [7, 11) is -2.82. The number of nitrogen functional groups attached to an aromatic ring is 1. The molecular weight excluding hydrogens is 238 g/mol. The molecule has 0 aromatic carbocycles. The van der Waals surface area contributed by atoms with E-state index >= 15 is 0 Å². The molecule has 3 N–H and O–H groups in total. The topological polar surface area (TPSA) is 85.1 Å². The Labute approximate surface area is 101 Å². The Morgan fingerprint density at radius 3 is 2.65 bits per heavy atom. The lowest BCUT2D eigenvalue weighted by Gasteiger charge is -2.24. The number of hydrogen-bond acceptors (Lipinski definition) is 5. The number of sulfone groups is 1. The van der Waals surface area contributed by atoms with Crippen molar-refractivity contribution < 1.29 is 8.42 Å². The van der Waals surface area contributed by atoms with Gasteiger partial charge in [-0.3, -0.25) is 0 Å². The Kier molecular flexibility index (Phi) is 3.24. The normalized spacial score (nSPS) is 20.1. The number of aromatic nitrogens is 1. The van der Waals surface area contributed by atoms with E-state index in [1.807, 2.05) is 19.1 Å². The average molecular weight is 255 g/mol. The molecule has 0 aliphatic carbocycles. The van der Waals surface area contributed by atoms with Gasteiger partial charge in [-0.1, -0.05) is 0 Å². The number of rotatable bonds is 2. The standard InChI is InChI=1S/C11H17N3O2S/c1-8-2-3-10(12)11(13-8)14-9-4-6-17(15,16)7-5-9/h2-3,9H,4-7,12H2,1H3,(H,13,14). The number of nitrogens with zero attached hydrogens (tertiary/aromatic N) is 1. The van der Waals surface area contributed by atoms with Gasteiger partial charge in [0.1, 0.15) is 15.7 Å². The molecule has 5 nitrogen and oxygen atoms in total. The Morgan fingerprint density at radius 1 is 1.35 bits per heavy atom. The quantitative estimate of drug-likeness (QED) is 0.822. The van der Waals surface area contributed by atoms with Gasteiger partial charge in [-0.05, 0) is 31.9 Å². The van der Waals surface area contributed by atoms with Crippen molar-refractivity contribution in [2.75, 3.05) is 22.6 Å². The third-order valence-electron chi connectivity index (χ3n) is 2.96. The maximum atomic E-state index is 11.3. The minimum Gasteiger partial charge on any atom is -0.396 e. The summed E-state index contributed by atoms with van der Waals surface area (Å²) < 4.78 is 22.6. The van der Waals surface area contributed by atoms with E-state index < -0.39 is 9.84 Å². The van der Waals surface area contributed by atoms with Crippen LogP contribution in [0.4, 0.5) is 11.5 Å². The second-order valence-corrected chi connectivity index (χ2v) is 6.76. The highest BCUT2D eigenvalue weighted by Crippen LogP contribution is 2.21. The summed E-state index contributed by atoms with van der Waals surface area (Å²) >= 11 is 0. The first-order chi connectivity index (χ1) is 7.96. The molecule has 94 valence electrons. The van der Waals surface area contributed by atoms with E-state index in [9.17, 15) is 8.42 Å². The lowest BCUT2D eigenvalue weighted by atomic mass is 10.1. The summed E-state index contributed by atoms with van der Waals surface area (Å²) in [4.78, 5) is 4.32. The third kappa shape index (κ3) is 3.09. The number of aryl methyl sites for hydroxylation is 1. The van der Waals surface area contributed by atoms with Crippen molar-refractivity contribution in [3.63, 3.8) is 0 Å². The molecule has 0 saturated carbocycles. The van der Waals surface area contributed by atoms with Crippen LogP contribution in [-0.2, 0) is 9.84 Å². The van der Waals surface area contributed by atoms with Gasteiger partial charge in [0, 0.05) is 11.7 Å². The summed E-state index contributed by atoms with van der Waals surface area (Å²) in [6.07, 6.45) is 1.24. The molecule has 1 fully saturated rings. The summed E-state index contributed by atoms with van der Waals surface area (Å²) in [5.74, 6) is 1.15. The first-order valence-corrected chi connectivity index (χ1v) is 7.48. The molecule has 1 aliphatic rings. The predicted octanol–water partition coefficient (Wildman–Crippen LogP) is 0.961. The van der Waals surface area contributed by atoms with E-state index in [2.05, 4.69) is 10.3 Å². The molecule has 0 radical (unpaired) electrons. The minimum absolute atomic E-state index is 0.148. The van der Waals surface area contributed by atoms with Crippen LogP contribution in [-0.4, -0.2) is 30.9 Å². The van der Waals surface area contributed by atoms with Gasteiger partial charge in [0.15, 0.2) is 0 Å². The second kappa shape index (κ2) is 4.52. The fourth-order valence-corrected chi connectivity index (χ4v) is 3.40. The van der Waals surface area contributed by atoms with E-state index in [1.54, 1.807) is 0 Å². The molecule has 0 spiro atoms. The fourth-order valence-electron chi connectivity index (χ4n) is 1.91. The summed E-state index contributed by atoms with van der Waals surface area (Å²) in [6, 6.07) is 3.81. The molecule has 1 aromatic rings. The van der Waals surface area contributed by atoms with Crippen LogP contribution in [0.25, 0.3) is 0 Å². The zero-order chi connectivity index (χ0) is 12.5.